The van der Waals surface area contributed by atoms with Gasteiger partial charge in [0, 0.05) is 19.1 Å². The lowest BCUT2D eigenvalue weighted by atomic mass is 10.1. The Balaban J connectivity index is 1.96. The van der Waals surface area contributed by atoms with Crippen molar-refractivity contribution in [1.82, 2.24) is 20.0 Å². The molecular weight excluding hydrogens is 236 g/mol. The second-order valence-electron chi connectivity index (χ2n) is 6.33. The molecule has 1 unspecified atom stereocenters. The highest BCUT2D eigenvalue weighted by Crippen LogP contribution is 2.13. The standard InChI is InChI=1S/C15H32N4/c1-17-9-4-10-18(2)13-14-19-11-3-7-16-8-5-15(19)6-12-17/h15-16H,3-14H2,1-2H3. The van der Waals surface area contributed by atoms with E-state index >= 15 is 0 Å². The third-order valence-corrected chi connectivity index (χ3v) is 4.66. The molecule has 2 aliphatic heterocycles. The van der Waals surface area contributed by atoms with E-state index in [2.05, 4.69) is 34.1 Å². The minimum Gasteiger partial charge on any atom is -0.317 e. The molecule has 2 fully saturated rings. The fourth-order valence-electron chi connectivity index (χ4n) is 3.29. The van der Waals surface area contributed by atoms with E-state index in [4.69, 9.17) is 0 Å². The van der Waals surface area contributed by atoms with Gasteiger partial charge in [0.05, 0.1) is 0 Å². The Labute approximate surface area is 119 Å². The van der Waals surface area contributed by atoms with Crippen molar-refractivity contribution >= 4 is 0 Å². The van der Waals surface area contributed by atoms with Crippen molar-refractivity contribution in [2.45, 2.75) is 31.7 Å². The lowest BCUT2D eigenvalue weighted by Crippen LogP contribution is -2.45. The number of nitrogens with zero attached hydrogens (tertiary/aromatic N) is 3. The van der Waals surface area contributed by atoms with Crippen molar-refractivity contribution in [3.63, 3.8) is 0 Å². The van der Waals surface area contributed by atoms with Crippen LogP contribution in [0.2, 0.25) is 0 Å². The summed E-state index contributed by atoms with van der Waals surface area (Å²) >= 11 is 0. The maximum Gasteiger partial charge on any atom is 0.0120 e. The second-order valence-corrected chi connectivity index (χ2v) is 6.33. The van der Waals surface area contributed by atoms with Crippen molar-refractivity contribution in [2.24, 2.45) is 0 Å². The molecule has 1 atom stereocenters. The molecule has 0 aliphatic carbocycles. The van der Waals surface area contributed by atoms with Gasteiger partial charge in [0.1, 0.15) is 0 Å². The Morgan fingerprint density at radius 2 is 1.53 bits per heavy atom. The van der Waals surface area contributed by atoms with Gasteiger partial charge in [-0.2, -0.15) is 0 Å². The van der Waals surface area contributed by atoms with Crippen molar-refractivity contribution in [3.8, 4) is 0 Å². The highest BCUT2D eigenvalue weighted by Gasteiger charge is 2.21. The molecule has 0 aromatic rings. The molecule has 0 aromatic carbocycles. The van der Waals surface area contributed by atoms with Crippen LogP contribution in [0.15, 0.2) is 0 Å². The lowest BCUT2D eigenvalue weighted by Gasteiger charge is -2.35. The number of hydrogen-bond donors (Lipinski definition) is 1. The summed E-state index contributed by atoms with van der Waals surface area (Å²) in [5.74, 6) is 0. The van der Waals surface area contributed by atoms with E-state index in [0.29, 0.717) is 0 Å². The van der Waals surface area contributed by atoms with Crippen LogP contribution in [-0.2, 0) is 0 Å². The summed E-state index contributed by atoms with van der Waals surface area (Å²) in [6.45, 7) is 9.89. The summed E-state index contributed by atoms with van der Waals surface area (Å²) < 4.78 is 0. The average Bonchev–Trinajstić information content (AvgIpc) is 2.38. The van der Waals surface area contributed by atoms with Crippen molar-refractivity contribution in [2.75, 3.05) is 66.5 Å². The first-order valence-corrected chi connectivity index (χ1v) is 8.07. The van der Waals surface area contributed by atoms with Gasteiger partial charge >= 0.3 is 0 Å². The number of rotatable bonds is 0. The fraction of sp³-hybridized carbons (Fsp3) is 1.00. The van der Waals surface area contributed by atoms with Gasteiger partial charge in [-0.15, -0.1) is 0 Å². The molecule has 0 amide bonds. The lowest BCUT2D eigenvalue weighted by molar-refractivity contribution is 0.143. The number of fused-ring (bicyclic) bond motifs is 1. The number of hydrogen-bond acceptors (Lipinski definition) is 4. The molecule has 0 radical (unpaired) electrons. The molecule has 0 bridgehead atoms. The Hall–Kier alpha value is -0.160. The first-order valence-electron chi connectivity index (χ1n) is 8.07. The molecule has 2 rings (SSSR count). The van der Waals surface area contributed by atoms with Gasteiger partial charge in [-0.25, -0.2) is 0 Å². The third kappa shape index (κ3) is 5.38. The summed E-state index contributed by atoms with van der Waals surface area (Å²) in [7, 11) is 4.56. The quantitative estimate of drug-likeness (QED) is 0.698. The predicted octanol–water partition coefficient (Wildman–Crippen LogP) is 0.698. The molecule has 2 heterocycles. The van der Waals surface area contributed by atoms with Gasteiger partial charge in [0.2, 0.25) is 0 Å². The van der Waals surface area contributed by atoms with E-state index in [1.807, 2.05) is 0 Å². The molecule has 2 saturated heterocycles. The molecule has 4 nitrogen and oxygen atoms in total. The summed E-state index contributed by atoms with van der Waals surface area (Å²) in [5.41, 5.74) is 0. The van der Waals surface area contributed by atoms with E-state index in [1.165, 1.54) is 78.0 Å². The molecule has 0 aromatic heterocycles. The minimum atomic E-state index is 0.779. The van der Waals surface area contributed by atoms with Gasteiger partial charge in [-0.3, -0.25) is 4.90 Å². The summed E-state index contributed by atoms with van der Waals surface area (Å²) in [6, 6.07) is 0.779. The highest BCUT2D eigenvalue weighted by molar-refractivity contribution is 4.78. The van der Waals surface area contributed by atoms with E-state index < -0.39 is 0 Å². The number of likely N-dealkylation sites (N-methyl/N-ethyl adjacent to an activating group) is 1. The van der Waals surface area contributed by atoms with Gasteiger partial charge < -0.3 is 15.1 Å². The summed E-state index contributed by atoms with van der Waals surface area (Å²) in [4.78, 5) is 7.78. The minimum absolute atomic E-state index is 0.779. The predicted molar refractivity (Wildman–Crippen MR) is 81.7 cm³/mol. The van der Waals surface area contributed by atoms with Gasteiger partial charge in [0.25, 0.3) is 0 Å². The Bertz CT molecular complexity index is 222. The van der Waals surface area contributed by atoms with E-state index in [9.17, 15) is 0 Å². The largest absolute Gasteiger partial charge is 0.317 e. The molecule has 1 N–H and O–H groups in total. The van der Waals surface area contributed by atoms with Gasteiger partial charge in [-0.1, -0.05) is 0 Å². The van der Waals surface area contributed by atoms with Crippen LogP contribution in [0.5, 0.6) is 0 Å². The molecule has 2 aliphatic rings. The van der Waals surface area contributed by atoms with Crippen LogP contribution in [0.1, 0.15) is 25.7 Å². The maximum atomic E-state index is 3.57. The van der Waals surface area contributed by atoms with Crippen LogP contribution in [0.3, 0.4) is 0 Å². The fourth-order valence-corrected chi connectivity index (χ4v) is 3.29. The third-order valence-electron chi connectivity index (χ3n) is 4.66. The topological polar surface area (TPSA) is 21.8 Å². The molecule has 0 spiro atoms. The van der Waals surface area contributed by atoms with Crippen LogP contribution in [0, 0.1) is 0 Å². The van der Waals surface area contributed by atoms with Crippen molar-refractivity contribution in [3.05, 3.63) is 0 Å². The molecule has 0 saturated carbocycles. The van der Waals surface area contributed by atoms with E-state index in [-0.39, 0.29) is 0 Å². The highest BCUT2D eigenvalue weighted by atomic mass is 15.2. The average molecular weight is 268 g/mol. The van der Waals surface area contributed by atoms with Crippen molar-refractivity contribution in [1.29, 1.82) is 0 Å². The van der Waals surface area contributed by atoms with Gasteiger partial charge in [-0.05, 0) is 79.0 Å². The van der Waals surface area contributed by atoms with Crippen molar-refractivity contribution < 1.29 is 0 Å². The van der Waals surface area contributed by atoms with Crippen LogP contribution in [-0.4, -0.2) is 87.2 Å². The Morgan fingerprint density at radius 3 is 2.37 bits per heavy atom. The Kier molecular flexibility index (Phi) is 6.57. The SMILES string of the molecule is CN1CCCN(C)CCN2CCCNCCC2CC1. The van der Waals surface area contributed by atoms with E-state index in [0.717, 1.165) is 6.04 Å². The molecule has 19 heavy (non-hydrogen) atoms. The molecule has 112 valence electrons. The maximum absolute atomic E-state index is 3.57. The van der Waals surface area contributed by atoms with Gasteiger partial charge in [0.15, 0.2) is 0 Å². The van der Waals surface area contributed by atoms with Crippen LogP contribution in [0.25, 0.3) is 0 Å². The van der Waals surface area contributed by atoms with Crippen LogP contribution in [0.4, 0.5) is 0 Å². The molecule has 4 heteroatoms. The first kappa shape index (κ1) is 15.2. The number of nitrogens with one attached hydrogen (secondary N) is 1. The Morgan fingerprint density at radius 1 is 0.737 bits per heavy atom. The van der Waals surface area contributed by atoms with Crippen LogP contribution < -0.4 is 5.32 Å². The van der Waals surface area contributed by atoms with E-state index in [1.54, 1.807) is 0 Å². The smallest absolute Gasteiger partial charge is 0.0120 e. The monoisotopic (exact) mass is 268 g/mol. The summed E-state index contributed by atoms with van der Waals surface area (Å²) in [6.07, 6.45) is 5.26. The second kappa shape index (κ2) is 8.20. The molecular formula is C15H32N4. The first-order chi connectivity index (χ1) is 9.25. The normalized spacial score (nSPS) is 30.9. The zero-order valence-electron chi connectivity index (χ0n) is 12.9. The zero-order valence-corrected chi connectivity index (χ0v) is 12.9. The summed E-state index contributed by atoms with van der Waals surface area (Å²) in [5, 5.41) is 3.57. The zero-order chi connectivity index (χ0) is 13.5. The van der Waals surface area contributed by atoms with Crippen LogP contribution >= 0.6 is 0 Å².